The van der Waals surface area contributed by atoms with Gasteiger partial charge in [0.05, 0.1) is 6.10 Å². The summed E-state index contributed by atoms with van der Waals surface area (Å²) in [5.41, 5.74) is 2.96. The highest BCUT2D eigenvalue weighted by molar-refractivity contribution is 4.79. The molecule has 0 spiro atoms. The lowest BCUT2D eigenvalue weighted by Gasteiger charge is -2.21. The summed E-state index contributed by atoms with van der Waals surface area (Å²) in [6, 6.07) is 0. The summed E-state index contributed by atoms with van der Waals surface area (Å²) in [5, 5.41) is 0. The average molecular weight is 127 g/mol. The van der Waals surface area contributed by atoms with Gasteiger partial charge in [0.15, 0.2) is 0 Å². The summed E-state index contributed by atoms with van der Waals surface area (Å²) in [4.78, 5) is 5.31. The highest BCUT2D eigenvalue weighted by atomic mass is 16.7. The minimum Gasteiger partial charge on any atom is -0.298 e. The first-order chi connectivity index (χ1) is 4.47. The Morgan fingerprint density at radius 1 is 1.22 bits per heavy atom. The van der Waals surface area contributed by atoms with Crippen LogP contribution in [0.25, 0.3) is 0 Å². The van der Waals surface area contributed by atoms with Crippen LogP contribution in [0.15, 0.2) is 0 Å². The van der Waals surface area contributed by atoms with E-state index in [2.05, 4.69) is 5.48 Å². The van der Waals surface area contributed by atoms with Crippen molar-refractivity contribution in [2.45, 2.75) is 31.8 Å². The quantitative estimate of drug-likeness (QED) is 0.525. The Kier molecular flexibility index (Phi) is 1.44. The number of rotatable bonds is 0. The molecule has 0 amide bonds. The molecule has 2 nitrogen and oxygen atoms in total. The van der Waals surface area contributed by atoms with Gasteiger partial charge in [-0.1, -0.05) is 12.8 Å². The molecule has 0 aromatic carbocycles. The van der Waals surface area contributed by atoms with E-state index in [1.165, 1.54) is 25.7 Å². The third-order valence-electron chi connectivity index (χ3n) is 2.42. The van der Waals surface area contributed by atoms with E-state index < -0.39 is 0 Å². The first-order valence-electron chi connectivity index (χ1n) is 3.85. The van der Waals surface area contributed by atoms with E-state index in [-0.39, 0.29) is 0 Å². The van der Waals surface area contributed by atoms with Crippen molar-refractivity contribution in [1.29, 1.82) is 0 Å². The van der Waals surface area contributed by atoms with Crippen LogP contribution in [-0.4, -0.2) is 12.6 Å². The van der Waals surface area contributed by atoms with Crippen LogP contribution in [0.4, 0.5) is 0 Å². The molecule has 1 aliphatic heterocycles. The molecular formula is C7H13NO. The molecule has 2 rings (SSSR count). The topological polar surface area (TPSA) is 21.3 Å². The van der Waals surface area contributed by atoms with Crippen molar-refractivity contribution in [3.63, 3.8) is 0 Å². The highest BCUT2D eigenvalue weighted by Crippen LogP contribution is 2.28. The number of hydrogen-bond donors (Lipinski definition) is 1. The van der Waals surface area contributed by atoms with E-state index in [1.807, 2.05) is 0 Å². The molecule has 1 saturated carbocycles. The Morgan fingerprint density at radius 2 is 2.11 bits per heavy atom. The second-order valence-corrected chi connectivity index (χ2v) is 3.05. The summed E-state index contributed by atoms with van der Waals surface area (Å²) < 4.78 is 0. The fourth-order valence-electron chi connectivity index (χ4n) is 1.82. The van der Waals surface area contributed by atoms with Crippen LogP contribution in [0.1, 0.15) is 25.7 Å². The van der Waals surface area contributed by atoms with Crippen LogP contribution >= 0.6 is 0 Å². The van der Waals surface area contributed by atoms with Crippen molar-refractivity contribution in [3.05, 3.63) is 0 Å². The first kappa shape index (κ1) is 5.69. The van der Waals surface area contributed by atoms with Crippen molar-refractivity contribution in [2.75, 3.05) is 6.54 Å². The number of nitrogens with one attached hydrogen (secondary N) is 1. The molecular weight excluding hydrogens is 114 g/mol. The second-order valence-electron chi connectivity index (χ2n) is 3.05. The van der Waals surface area contributed by atoms with Gasteiger partial charge in [0, 0.05) is 12.5 Å². The van der Waals surface area contributed by atoms with Gasteiger partial charge in [-0.2, -0.15) is 0 Å². The predicted octanol–water partition coefficient (Wildman–Crippen LogP) is 1.08. The van der Waals surface area contributed by atoms with Crippen molar-refractivity contribution in [3.8, 4) is 0 Å². The zero-order chi connectivity index (χ0) is 6.10. The molecule has 2 atom stereocenters. The standard InChI is InChI=1S/C7H13NO/c1-2-4-7-6(3-1)5-8-9-7/h6-8H,1-5H2/t6-,7-/m1/s1. The molecule has 0 radical (unpaired) electrons. The Balaban J connectivity index is 1.97. The minimum atomic E-state index is 0.554. The first-order valence-corrected chi connectivity index (χ1v) is 3.85. The van der Waals surface area contributed by atoms with Gasteiger partial charge >= 0.3 is 0 Å². The van der Waals surface area contributed by atoms with Gasteiger partial charge in [-0.15, -0.1) is 0 Å². The predicted molar refractivity (Wildman–Crippen MR) is 34.8 cm³/mol. The van der Waals surface area contributed by atoms with Crippen LogP contribution in [-0.2, 0) is 4.84 Å². The maximum atomic E-state index is 5.31. The van der Waals surface area contributed by atoms with Gasteiger partial charge in [0.25, 0.3) is 0 Å². The fraction of sp³-hybridized carbons (Fsp3) is 1.00. The Morgan fingerprint density at radius 3 is 3.00 bits per heavy atom. The SMILES string of the molecule is C1CC[C@H]2ONC[C@H]2C1. The number of fused-ring (bicyclic) bond motifs is 1. The molecule has 2 aliphatic rings. The summed E-state index contributed by atoms with van der Waals surface area (Å²) in [7, 11) is 0. The van der Waals surface area contributed by atoms with E-state index in [9.17, 15) is 0 Å². The Hall–Kier alpha value is -0.0800. The molecule has 1 saturated heterocycles. The molecule has 1 aliphatic carbocycles. The van der Waals surface area contributed by atoms with Crippen molar-refractivity contribution < 1.29 is 4.84 Å². The molecule has 1 heterocycles. The molecule has 0 unspecified atom stereocenters. The fourth-order valence-corrected chi connectivity index (χ4v) is 1.82. The van der Waals surface area contributed by atoms with Gasteiger partial charge in [-0.3, -0.25) is 4.84 Å². The monoisotopic (exact) mass is 127 g/mol. The van der Waals surface area contributed by atoms with Gasteiger partial charge < -0.3 is 0 Å². The van der Waals surface area contributed by atoms with Crippen LogP contribution in [0.3, 0.4) is 0 Å². The molecule has 9 heavy (non-hydrogen) atoms. The maximum Gasteiger partial charge on any atom is 0.0831 e. The van der Waals surface area contributed by atoms with Crippen molar-refractivity contribution >= 4 is 0 Å². The van der Waals surface area contributed by atoms with Crippen LogP contribution in [0.5, 0.6) is 0 Å². The van der Waals surface area contributed by atoms with E-state index in [1.54, 1.807) is 0 Å². The molecule has 0 bridgehead atoms. The van der Waals surface area contributed by atoms with Gasteiger partial charge in [-0.05, 0) is 12.8 Å². The summed E-state index contributed by atoms with van der Waals surface area (Å²) in [6.45, 7) is 1.09. The summed E-state index contributed by atoms with van der Waals surface area (Å²) in [6.07, 6.45) is 5.98. The zero-order valence-electron chi connectivity index (χ0n) is 5.60. The zero-order valence-corrected chi connectivity index (χ0v) is 5.60. The lowest BCUT2D eigenvalue weighted by Crippen LogP contribution is -2.21. The summed E-state index contributed by atoms with van der Waals surface area (Å²) in [5.74, 6) is 0.832. The van der Waals surface area contributed by atoms with Crippen molar-refractivity contribution in [1.82, 2.24) is 5.48 Å². The van der Waals surface area contributed by atoms with Crippen LogP contribution < -0.4 is 5.48 Å². The minimum absolute atomic E-state index is 0.554. The normalized spacial score (nSPS) is 42.7. The van der Waals surface area contributed by atoms with Crippen LogP contribution in [0.2, 0.25) is 0 Å². The molecule has 1 N–H and O–H groups in total. The van der Waals surface area contributed by atoms with Gasteiger partial charge in [-0.25, -0.2) is 5.48 Å². The van der Waals surface area contributed by atoms with E-state index in [0.717, 1.165) is 12.5 Å². The number of hydroxylamine groups is 1. The molecule has 0 aromatic rings. The van der Waals surface area contributed by atoms with Crippen LogP contribution in [0, 0.1) is 5.92 Å². The molecule has 2 heteroatoms. The Bertz CT molecular complexity index is 93.1. The maximum absolute atomic E-state index is 5.31. The largest absolute Gasteiger partial charge is 0.298 e. The lowest BCUT2D eigenvalue weighted by molar-refractivity contribution is 0.00823. The smallest absolute Gasteiger partial charge is 0.0831 e. The van der Waals surface area contributed by atoms with E-state index in [4.69, 9.17) is 4.84 Å². The van der Waals surface area contributed by atoms with E-state index >= 15 is 0 Å². The average Bonchev–Trinajstić information content (AvgIpc) is 2.33. The van der Waals surface area contributed by atoms with E-state index in [0.29, 0.717) is 6.10 Å². The third-order valence-corrected chi connectivity index (χ3v) is 2.42. The molecule has 52 valence electrons. The third kappa shape index (κ3) is 0.970. The number of hydrogen-bond acceptors (Lipinski definition) is 2. The Labute approximate surface area is 55.5 Å². The molecule has 2 fully saturated rings. The second kappa shape index (κ2) is 2.27. The van der Waals surface area contributed by atoms with Crippen molar-refractivity contribution in [2.24, 2.45) is 5.92 Å². The molecule has 0 aromatic heterocycles. The highest BCUT2D eigenvalue weighted by Gasteiger charge is 2.30. The van der Waals surface area contributed by atoms with Gasteiger partial charge in [0.2, 0.25) is 0 Å². The van der Waals surface area contributed by atoms with Gasteiger partial charge in [0.1, 0.15) is 0 Å². The lowest BCUT2D eigenvalue weighted by atomic mass is 9.87. The summed E-state index contributed by atoms with van der Waals surface area (Å²) >= 11 is 0.